The van der Waals surface area contributed by atoms with E-state index in [0.29, 0.717) is 23.6 Å². The average molecular weight is 338 g/mol. The molecule has 2 rings (SSSR count). The minimum absolute atomic E-state index is 0.0319. The van der Waals surface area contributed by atoms with Crippen LogP contribution >= 0.6 is 0 Å². The largest absolute Gasteiger partial charge is 0.493 e. The summed E-state index contributed by atoms with van der Waals surface area (Å²) in [5, 5.41) is 8.87. The van der Waals surface area contributed by atoms with Crippen LogP contribution in [-0.4, -0.2) is 30.6 Å². The second kappa shape index (κ2) is 8.74. The van der Waals surface area contributed by atoms with Gasteiger partial charge in [-0.05, 0) is 43.7 Å². The summed E-state index contributed by atoms with van der Waals surface area (Å²) in [5.41, 5.74) is 1.57. The van der Waals surface area contributed by atoms with Crippen molar-refractivity contribution in [3.05, 3.63) is 59.7 Å². The van der Waals surface area contributed by atoms with Crippen molar-refractivity contribution in [1.29, 1.82) is 5.26 Å². The third kappa shape index (κ3) is 4.98. The molecule has 0 bridgehead atoms. The first-order valence-corrected chi connectivity index (χ1v) is 8.09. The SMILES string of the molecule is COc1ccccc1OCC(=O)N(Cc1ccc(C#N)cc1)C(C)C. The van der Waals surface area contributed by atoms with Crippen LogP contribution in [-0.2, 0) is 11.3 Å². The van der Waals surface area contributed by atoms with Crippen molar-refractivity contribution >= 4 is 5.91 Å². The summed E-state index contributed by atoms with van der Waals surface area (Å²) in [5.74, 6) is 1.03. The predicted octanol–water partition coefficient (Wildman–Crippen LogP) is 3.38. The number of hydrogen-bond donors (Lipinski definition) is 0. The van der Waals surface area contributed by atoms with Crippen LogP contribution in [0.1, 0.15) is 25.0 Å². The van der Waals surface area contributed by atoms with Gasteiger partial charge in [0, 0.05) is 12.6 Å². The molecule has 2 aromatic carbocycles. The van der Waals surface area contributed by atoms with Gasteiger partial charge in [0.2, 0.25) is 0 Å². The summed E-state index contributed by atoms with van der Waals surface area (Å²) in [6.07, 6.45) is 0. The zero-order chi connectivity index (χ0) is 18.2. The van der Waals surface area contributed by atoms with E-state index >= 15 is 0 Å². The van der Waals surface area contributed by atoms with Crippen LogP contribution in [0.4, 0.5) is 0 Å². The molecule has 0 saturated carbocycles. The van der Waals surface area contributed by atoms with Crippen molar-refractivity contribution in [2.75, 3.05) is 13.7 Å². The highest BCUT2D eigenvalue weighted by Gasteiger charge is 2.18. The summed E-state index contributed by atoms with van der Waals surface area (Å²) in [7, 11) is 1.56. The van der Waals surface area contributed by atoms with E-state index in [2.05, 4.69) is 6.07 Å². The zero-order valence-corrected chi connectivity index (χ0v) is 14.7. The van der Waals surface area contributed by atoms with Crippen LogP contribution < -0.4 is 9.47 Å². The molecule has 0 N–H and O–H groups in total. The Hall–Kier alpha value is -3.00. The first-order chi connectivity index (χ1) is 12.0. The van der Waals surface area contributed by atoms with Crippen LogP contribution in [0, 0.1) is 11.3 Å². The molecule has 0 heterocycles. The van der Waals surface area contributed by atoms with Gasteiger partial charge in [0.05, 0.1) is 18.7 Å². The Labute approximate surface area is 148 Å². The third-order valence-electron chi connectivity index (χ3n) is 3.80. The highest BCUT2D eigenvalue weighted by atomic mass is 16.5. The van der Waals surface area contributed by atoms with Crippen molar-refractivity contribution in [2.45, 2.75) is 26.4 Å². The maximum Gasteiger partial charge on any atom is 0.261 e. The number of amides is 1. The van der Waals surface area contributed by atoms with Crippen molar-refractivity contribution in [1.82, 2.24) is 4.90 Å². The summed E-state index contributed by atoms with van der Waals surface area (Å²) < 4.78 is 10.9. The fourth-order valence-electron chi connectivity index (χ4n) is 2.40. The lowest BCUT2D eigenvalue weighted by molar-refractivity contribution is -0.135. The number of ether oxygens (including phenoxy) is 2. The molecule has 0 aliphatic heterocycles. The molecular formula is C20H22N2O3. The topological polar surface area (TPSA) is 62.6 Å². The first kappa shape index (κ1) is 18.3. The molecule has 130 valence electrons. The standard InChI is InChI=1S/C20H22N2O3/c1-15(2)22(13-17-10-8-16(12-21)9-11-17)20(23)14-25-19-7-5-4-6-18(19)24-3/h4-11,15H,13-14H2,1-3H3. The average Bonchev–Trinajstić information content (AvgIpc) is 2.64. The molecule has 0 saturated heterocycles. The summed E-state index contributed by atoms with van der Waals surface area (Å²) in [4.78, 5) is 14.3. The maximum absolute atomic E-state index is 12.6. The minimum atomic E-state index is -0.106. The number of nitriles is 1. The van der Waals surface area contributed by atoms with E-state index in [9.17, 15) is 4.79 Å². The first-order valence-electron chi connectivity index (χ1n) is 8.09. The van der Waals surface area contributed by atoms with Gasteiger partial charge in [-0.3, -0.25) is 4.79 Å². The van der Waals surface area contributed by atoms with E-state index in [1.54, 1.807) is 36.3 Å². The van der Waals surface area contributed by atoms with E-state index in [1.165, 1.54) is 0 Å². The summed E-state index contributed by atoms with van der Waals surface area (Å²) in [6, 6.07) is 16.6. The number of carbonyl (C=O) groups is 1. The second-order valence-electron chi connectivity index (χ2n) is 5.86. The van der Waals surface area contributed by atoms with Crippen molar-refractivity contribution in [3.63, 3.8) is 0 Å². The fraction of sp³-hybridized carbons (Fsp3) is 0.300. The molecule has 0 fully saturated rings. The fourth-order valence-corrected chi connectivity index (χ4v) is 2.40. The number of nitrogens with zero attached hydrogens (tertiary/aromatic N) is 2. The van der Waals surface area contributed by atoms with Gasteiger partial charge in [-0.2, -0.15) is 5.26 Å². The molecule has 2 aromatic rings. The second-order valence-corrected chi connectivity index (χ2v) is 5.86. The monoisotopic (exact) mass is 338 g/mol. The van der Waals surface area contributed by atoms with Crippen LogP contribution in [0.3, 0.4) is 0 Å². The molecule has 0 spiro atoms. The number of hydrogen-bond acceptors (Lipinski definition) is 4. The highest BCUT2D eigenvalue weighted by Crippen LogP contribution is 2.25. The van der Waals surface area contributed by atoms with Gasteiger partial charge in [-0.25, -0.2) is 0 Å². The van der Waals surface area contributed by atoms with Gasteiger partial charge in [-0.1, -0.05) is 24.3 Å². The zero-order valence-electron chi connectivity index (χ0n) is 14.7. The summed E-state index contributed by atoms with van der Waals surface area (Å²) >= 11 is 0. The van der Waals surface area contributed by atoms with Crippen LogP contribution in [0.25, 0.3) is 0 Å². The highest BCUT2D eigenvalue weighted by molar-refractivity contribution is 5.78. The Morgan fingerprint density at radius 1 is 1.12 bits per heavy atom. The van der Waals surface area contributed by atoms with E-state index in [1.807, 2.05) is 38.1 Å². The molecule has 0 aromatic heterocycles. The molecule has 0 aliphatic rings. The molecule has 5 nitrogen and oxygen atoms in total. The minimum Gasteiger partial charge on any atom is -0.493 e. The molecule has 0 aliphatic carbocycles. The van der Waals surface area contributed by atoms with Gasteiger partial charge in [0.25, 0.3) is 5.91 Å². The molecule has 1 amide bonds. The lowest BCUT2D eigenvalue weighted by atomic mass is 10.1. The number of rotatable bonds is 7. The third-order valence-corrected chi connectivity index (χ3v) is 3.80. The summed E-state index contributed by atoms with van der Waals surface area (Å²) in [6.45, 7) is 4.33. The van der Waals surface area contributed by atoms with E-state index in [-0.39, 0.29) is 18.6 Å². The quantitative estimate of drug-likeness (QED) is 0.776. The van der Waals surface area contributed by atoms with Crippen molar-refractivity contribution in [2.24, 2.45) is 0 Å². The van der Waals surface area contributed by atoms with Gasteiger partial charge in [0.15, 0.2) is 18.1 Å². The van der Waals surface area contributed by atoms with Crippen LogP contribution in [0.2, 0.25) is 0 Å². The molecule has 0 atom stereocenters. The van der Waals surface area contributed by atoms with E-state index in [4.69, 9.17) is 14.7 Å². The van der Waals surface area contributed by atoms with Crippen molar-refractivity contribution in [3.8, 4) is 17.6 Å². The van der Waals surface area contributed by atoms with Gasteiger partial charge < -0.3 is 14.4 Å². The van der Waals surface area contributed by atoms with Crippen LogP contribution in [0.15, 0.2) is 48.5 Å². The molecule has 5 heteroatoms. The predicted molar refractivity (Wildman–Crippen MR) is 95.3 cm³/mol. The molecule has 25 heavy (non-hydrogen) atoms. The van der Waals surface area contributed by atoms with E-state index < -0.39 is 0 Å². The molecule has 0 radical (unpaired) electrons. The number of para-hydroxylation sites is 2. The smallest absolute Gasteiger partial charge is 0.261 e. The molecule has 0 unspecified atom stereocenters. The Bertz CT molecular complexity index is 748. The van der Waals surface area contributed by atoms with Gasteiger partial charge >= 0.3 is 0 Å². The van der Waals surface area contributed by atoms with Gasteiger partial charge in [-0.15, -0.1) is 0 Å². The van der Waals surface area contributed by atoms with Crippen LogP contribution in [0.5, 0.6) is 11.5 Å². The molecular weight excluding hydrogens is 316 g/mol. The number of benzene rings is 2. The lowest BCUT2D eigenvalue weighted by Gasteiger charge is -2.27. The Balaban J connectivity index is 2.03. The van der Waals surface area contributed by atoms with Gasteiger partial charge in [0.1, 0.15) is 0 Å². The van der Waals surface area contributed by atoms with Crippen molar-refractivity contribution < 1.29 is 14.3 Å². The lowest BCUT2D eigenvalue weighted by Crippen LogP contribution is -2.39. The Morgan fingerprint density at radius 2 is 1.76 bits per heavy atom. The number of methoxy groups -OCH3 is 1. The maximum atomic E-state index is 12.6. The normalized spacial score (nSPS) is 10.2. The van der Waals surface area contributed by atoms with E-state index in [0.717, 1.165) is 5.56 Å². The Kier molecular flexibility index (Phi) is 6.41. The Morgan fingerprint density at radius 3 is 2.32 bits per heavy atom. The number of carbonyl (C=O) groups excluding carboxylic acids is 1.